The average molecular weight is 294 g/mol. The summed E-state index contributed by atoms with van der Waals surface area (Å²) in [6.07, 6.45) is 0. The average Bonchev–Trinajstić information content (AvgIpc) is 2.44. The standard InChI is InChI=1S/C15H13ClFNO2/c16-12-7-4-8-13(17)14(12)15(19)18-9-10-20-11-5-2-1-3-6-11/h1-8H,9-10H2,(H,18,19). The first-order valence-electron chi connectivity index (χ1n) is 6.08. The Bertz CT molecular complexity index is 569. The predicted octanol–water partition coefficient (Wildman–Crippen LogP) is 3.29. The van der Waals surface area contributed by atoms with Crippen molar-refractivity contribution in [1.29, 1.82) is 0 Å². The highest BCUT2D eigenvalue weighted by Crippen LogP contribution is 2.18. The Kier molecular flexibility index (Phi) is 4.96. The third-order valence-electron chi connectivity index (χ3n) is 2.59. The van der Waals surface area contributed by atoms with Gasteiger partial charge in [-0.05, 0) is 24.3 Å². The van der Waals surface area contributed by atoms with Crippen LogP contribution in [0.25, 0.3) is 0 Å². The Morgan fingerprint density at radius 1 is 1.15 bits per heavy atom. The van der Waals surface area contributed by atoms with Gasteiger partial charge in [-0.1, -0.05) is 35.9 Å². The van der Waals surface area contributed by atoms with Crippen LogP contribution >= 0.6 is 11.6 Å². The predicted molar refractivity (Wildman–Crippen MR) is 75.7 cm³/mol. The lowest BCUT2D eigenvalue weighted by molar-refractivity contribution is 0.0943. The van der Waals surface area contributed by atoms with Gasteiger partial charge in [0, 0.05) is 0 Å². The van der Waals surface area contributed by atoms with Crippen molar-refractivity contribution in [1.82, 2.24) is 5.32 Å². The van der Waals surface area contributed by atoms with Gasteiger partial charge in [0.1, 0.15) is 18.2 Å². The van der Waals surface area contributed by atoms with Gasteiger partial charge in [-0.15, -0.1) is 0 Å². The number of carbonyl (C=O) groups excluding carboxylic acids is 1. The van der Waals surface area contributed by atoms with E-state index in [1.165, 1.54) is 18.2 Å². The first-order valence-corrected chi connectivity index (χ1v) is 6.46. The summed E-state index contributed by atoms with van der Waals surface area (Å²) in [5.74, 6) is -0.477. The van der Waals surface area contributed by atoms with Crippen molar-refractivity contribution in [3.05, 3.63) is 64.9 Å². The zero-order chi connectivity index (χ0) is 14.4. The molecule has 2 aromatic rings. The minimum Gasteiger partial charge on any atom is -0.492 e. The van der Waals surface area contributed by atoms with E-state index in [9.17, 15) is 9.18 Å². The molecule has 104 valence electrons. The number of carbonyl (C=O) groups is 1. The largest absolute Gasteiger partial charge is 0.492 e. The Morgan fingerprint density at radius 2 is 1.90 bits per heavy atom. The highest BCUT2D eigenvalue weighted by molar-refractivity contribution is 6.33. The fourth-order valence-electron chi connectivity index (χ4n) is 1.65. The molecule has 20 heavy (non-hydrogen) atoms. The second kappa shape index (κ2) is 6.91. The Balaban J connectivity index is 1.84. The van der Waals surface area contributed by atoms with Gasteiger partial charge in [-0.3, -0.25) is 4.79 Å². The van der Waals surface area contributed by atoms with Crippen LogP contribution in [0.3, 0.4) is 0 Å². The van der Waals surface area contributed by atoms with Crippen molar-refractivity contribution in [2.75, 3.05) is 13.2 Å². The van der Waals surface area contributed by atoms with Gasteiger partial charge in [-0.25, -0.2) is 4.39 Å². The van der Waals surface area contributed by atoms with Gasteiger partial charge in [0.15, 0.2) is 0 Å². The molecule has 0 bridgehead atoms. The van der Waals surface area contributed by atoms with Crippen LogP contribution < -0.4 is 10.1 Å². The van der Waals surface area contributed by atoms with Crippen LogP contribution in [0.2, 0.25) is 5.02 Å². The molecule has 0 saturated heterocycles. The van der Waals surface area contributed by atoms with Crippen LogP contribution in [0.4, 0.5) is 4.39 Å². The van der Waals surface area contributed by atoms with Crippen molar-refractivity contribution in [3.8, 4) is 5.75 Å². The van der Waals surface area contributed by atoms with Gasteiger partial charge in [-0.2, -0.15) is 0 Å². The normalized spacial score (nSPS) is 10.1. The smallest absolute Gasteiger partial charge is 0.255 e. The van der Waals surface area contributed by atoms with Crippen LogP contribution in [0.5, 0.6) is 5.75 Å². The summed E-state index contributed by atoms with van der Waals surface area (Å²) in [6, 6.07) is 13.3. The summed E-state index contributed by atoms with van der Waals surface area (Å²) in [6.45, 7) is 0.556. The van der Waals surface area contributed by atoms with Crippen molar-refractivity contribution < 1.29 is 13.9 Å². The summed E-state index contributed by atoms with van der Waals surface area (Å²) in [4.78, 5) is 11.8. The molecule has 0 aliphatic carbocycles. The molecule has 5 heteroatoms. The van der Waals surface area contributed by atoms with Crippen LogP contribution in [0.15, 0.2) is 48.5 Å². The Morgan fingerprint density at radius 3 is 2.60 bits per heavy atom. The van der Waals surface area contributed by atoms with Gasteiger partial charge < -0.3 is 10.1 Å². The van der Waals surface area contributed by atoms with E-state index in [0.717, 1.165) is 0 Å². The van der Waals surface area contributed by atoms with E-state index in [1.54, 1.807) is 0 Å². The Labute approximate surface area is 121 Å². The number of amides is 1. The molecule has 0 radical (unpaired) electrons. The summed E-state index contributed by atoms with van der Waals surface area (Å²) in [5.41, 5.74) is -0.145. The molecule has 0 aromatic heterocycles. The topological polar surface area (TPSA) is 38.3 Å². The number of rotatable bonds is 5. The van der Waals surface area contributed by atoms with Crippen LogP contribution in [-0.4, -0.2) is 19.1 Å². The van der Waals surface area contributed by atoms with Crippen LogP contribution in [0, 0.1) is 5.82 Å². The number of halogens is 2. The zero-order valence-electron chi connectivity index (χ0n) is 10.6. The second-order valence-electron chi connectivity index (χ2n) is 4.01. The number of hydrogen-bond acceptors (Lipinski definition) is 2. The minimum atomic E-state index is -0.640. The maximum atomic E-state index is 13.5. The van der Waals surface area contributed by atoms with E-state index in [4.69, 9.17) is 16.3 Å². The van der Waals surface area contributed by atoms with E-state index in [-0.39, 0.29) is 17.1 Å². The fraction of sp³-hybridized carbons (Fsp3) is 0.133. The molecule has 1 amide bonds. The van der Waals surface area contributed by atoms with E-state index < -0.39 is 11.7 Å². The van der Waals surface area contributed by atoms with E-state index in [1.807, 2.05) is 30.3 Å². The molecule has 0 aliphatic rings. The summed E-state index contributed by atoms with van der Waals surface area (Å²) in [7, 11) is 0. The molecule has 0 saturated carbocycles. The number of para-hydroxylation sites is 1. The van der Waals surface area contributed by atoms with Gasteiger partial charge >= 0.3 is 0 Å². The number of hydrogen-bond donors (Lipinski definition) is 1. The molecule has 3 nitrogen and oxygen atoms in total. The molecule has 2 aromatic carbocycles. The monoisotopic (exact) mass is 293 g/mol. The maximum Gasteiger partial charge on any atom is 0.255 e. The lowest BCUT2D eigenvalue weighted by Gasteiger charge is -2.09. The molecule has 0 spiro atoms. The van der Waals surface area contributed by atoms with Crippen molar-refractivity contribution >= 4 is 17.5 Å². The number of benzene rings is 2. The highest BCUT2D eigenvalue weighted by atomic mass is 35.5. The number of ether oxygens (including phenoxy) is 1. The first-order chi connectivity index (χ1) is 9.68. The Hall–Kier alpha value is -2.07. The van der Waals surface area contributed by atoms with Gasteiger partial charge in [0.25, 0.3) is 5.91 Å². The molecular formula is C15H13ClFNO2. The van der Waals surface area contributed by atoms with Crippen molar-refractivity contribution in [2.24, 2.45) is 0 Å². The summed E-state index contributed by atoms with van der Waals surface area (Å²) >= 11 is 5.80. The summed E-state index contributed by atoms with van der Waals surface area (Å²) in [5, 5.41) is 2.65. The molecule has 0 atom stereocenters. The van der Waals surface area contributed by atoms with E-state index >= 15 is 0 Å². The zero-order valence-corrected chi connectivity index (χ0v) is 11.4. The van der Waals surface area contributed by atoms with Gasteiger partial charge in [0.2, 0.25) is 0 Å². The molecule has 1 N–H and O–H groups in total. The molecule has 0 fully saturated rings. The van der Waals surface area contributed by atoms with Crippen molar-refractivity contribution in [2.45, 2.75) is 0 Å². The molecule has 0 heterocycles. The second-order valence-corrected chi connectivity index (χ2v) is 4.42. The first kappa shape index (κ1) is 14.3. The van der Waals surface area contributed by atoms with E-state index in [0.29, 0.717) is 12.4 Å². The van der Waals surface area contributed by atoms with Gasteiger partial charge in [0.05, 0.1) is 17.1 Å². The third kappa shape index (κ3) is 3.71. The quantitative estimate of drug-likeness (QED) is 0.859. The molecule has 0 unspecified atom stereocenters. The van der Waals surface area contributed by atoms with E-state index in [2.05, 4.69) is 5.32 Å². The summed E-state index contributed by atoms with van der Waals surface area (Å²) < 4.78 is 18.9. The molecule has 2 rings (SSSR count). The SMILES string of the molecule is O=C(NCCOc1ccccc1)c1c(F)cccc1Cl. The third-order valence-corrected chi connectivity index (χ3v) is 2.90. The van der Waals surface area contributed by atoms with Crippen LogP contribution in [0.1, 0.15) is 10.4 Å². The fourth-order valence-corrected chi connectivity index (χ4v) is 1.90. The van der Waals surface area contributed by atoms with Crippen LogP contribution in [-0.2, 0) is 0 Å². The van der Waals surface area contributed by atoms with Crippen molar-refractivity contribution in [3.63, 3.8) is 0 Å². The molecule has 0 aliphatic heterocycles. The number of nitrogens with one attached hydrogen (secondary N) is 1. The lowest BCUT2D eigenvalue weighted by Crippen LogP contribution is -2.29. The lowest BCUT2D eigenvalue weighted by atomic mass is 10.2. The highest BCUT2D eigenvalue weighted by Gasteiger charge is 2.14. The maximum absolute atomic E-state index is 13.5. The minimum absolute atomic E-state index is 0.0893. The molecular weight excluding hydrogens is 281 g/mol.